The minimum Gasteiger partial charge on any atom is -0.268 e. The van der Waals surface area contributed by atoms with Gasteiger partial charge in [0.25, 0.3) is 11.8 Å². The fraction of sp³-hybridized carbons (Fsp3) is 0.158. The molecule has 0 radical (unpaired) electrons. The second-order valence-electron chi connectivity index (χ2n) is 5.61. The Morgan fingerprint density at radius 2 is 1.75 bits per heavy atom. The second kappa shape index (κ2) is 8.45. The first kappa shape index (κ1) is 17.9. The Bertz CT molecular complexity index is 752. The number of carbonyl (C=O) groups excluding carboxylic acids is 2. The van der Waals surface area contributed by atoms with Crippen molar-refractivity contribution < 1.29 is 9.59 Å². The van der Waals surface area contributed by atoms with Gasteiger partial charge in [-0.05, 0) is 41.3 Å². The van der Waals surface area contributed by atoms with Crippen molar-refractivity contribution in [3.05, 3.63) is 75.8 Å². The molecule has 2 rings (SSSR count). The van der Waals surface area contributed by atoms with Crippen molar-refractivity contribution in [2.45, 2.75) is 19.8 Å². The van der Waals surface area contributed by atoms with Gasteiger partial charge in [0.2, 0.25) is 0 Å². The van der Waals surface area contributed by atoms with E-state index in [1.165, 1.54) is 11.6 Å². The van der Waals surface area contributed by atoms with Crippen molar-refractivity contribution in [1.82, 2.24) is 10.9 Å². The van der Waals surface area contributed by atoms with E-state index in [1.807, 2.05) is 30.3 Å². The molecule has 0 bridgehead atoms. The first-order valence-electron chi connectivity index (χ1n) is 7.59. The predicted octanol–water partition coefficient (Wildman–Crippen LogP) is 4.05. The number of hydrogen-bond acceptors (Lipinski definition) is 2. The Morgan fingerprint density at radius 3 is 2.38 bits per heavy atom. The van der Waals surface area contributed by atoms with Crippen LogP contribution in [0.5, 0.6) is 0 Å². The molecule has 5 heteroatoms. The van der Waals surface area contributed by atoms with Gasteiger partial charge in [-0.1, -0.05) is 60.1 Å². The van der Waals surface area contributed by atoms with Gasteiger partial charge in [0.15, 0.2) is 0 Å². The van der Waals surface area contributed by atoms with Gasteiger partial charge in [-0.25, -0.2) is 0 Å². The molecule has 0 atom stereocenters. The van der Waals surface area contributed by atoms with E-state index in [0.29, 0.717) is 11.5 Å². The van der Waals surface area contributed by atoms with E-state index in [2.05, 4.69) is 40.6 Å². The molecule has 0 spiro atoms. The summed E-state index contributed by atoms with van der Waals surface area (Å²) in [6.45, 7) is 4.26. The summed E-state index contributed by atoms with van der Waals surface area (Å²) in [4.78, 5) is 23.7. The normalized spacial score (nSPS) is 10.8. The second-order valence-corrected chi connectivity index (χ2v) is 6.52. The highest BCUT2D eigenvalue weighted by Crippen LogP contribution is 2.15. The zero-order valence-electron chi connectivity index (χ0n) is 13.5. The van der Waals surface area contributed by atoms with Crippen molar-refractivity contribution >= 4 is 33.8 Å². The van der Waals surface area contributed by atoms with Crippen molar-refractivity contribution in [2.75, 3.05) is 0 Å². The minimum absolute atomic E-state index is 0.376. The summed E-state index contributed by atoms with van der Waals surface area (Å²) >= 11 is 3.30. The number of hydrogen-bond donors (Lipinski definition) is 2. The van der Waals surface area contributed by atoms with Crippen LogP contribution >= 0.6 is 15.9 Å². The molecule has 0 heterocycles. The summed E-state index contributed by atoms with van der Waals surface area (Å²) in [6, 6.07) is 14.9. The third-order valence-electron chi connectivity index (χ3n) is 3.42. The van der Waals surface area contributed by atoms with Crippen LogP contribution in [-0.2, 0) is 4.79 Å². The summed E-state index contributed by atoms with van der Waals surface area (Å²) < 4.78 is 0.797. The number of nitrogens with one attached hydrogen (secondary N) is 2. The summed E-state index contributed by atoms with van der Waals surface area (Å²) in [5.74, 6) is -0.301. The van der Waals surface area contributed by atoms with Crippen LogP contribution in [0.3, 0.4) is 0 Å². The molecule has 0 aliphatic carbocycles. The highest BCUT2D eigenvalue weighted by atomic mass is 79.9. The van der Waals surface area contributed by atoms with E-state index in [4.69, 9.17) is 0 Å². The van der Waals surface area contributed by atoms with Gasteiger partial charge in [0.1, 0.15) is 0 Å². The van der Waals surface area contributed by atoms with E-state index in [1.54, 1.807) is 24.3 Å². The highest BCUT2D eigenvalue weighted by Gasteiger charge is 2.06. The summed E-state index contributed by atoms with van der Waals surface area (Å²) in [7, 11) is 0. The van der Waals surface area contributed by atoms with Gasteiger partial charge in [-0.2, -0.15) is 0 Å². The number of benzene rings is 2. The van der Waals surface area contributed by atoms with Gasteiger partial charge in [0.05, 0.1) is 0 Å². The third kappa shape index (κ3) is 5.35. The lowest BCUT2D eigenvalue weighted by atomic mass is 10.0. The maximum absolute atomic E-state index is 11.9. The minimum atomic E-state index is -0.397. The first-order valence-corrected chi connectivity index (χ1v) is 8.39. The van der Waals surface area contributed by atoms with Gasteiger partial charge in [-0.15, -0.1) is 0 Å². The fourth-order valence-electron chi connectivity index (χ4n) is 2.03. The molecule has 0 aliphatic rings. The molecule has 0 aromatic heterocycles. The van der Waals surface area contributed by atoms with Crippen molar-refractivity contribution in [1.29, 1.82) is 0 Å². The Labute approximate surface area is 150 Å². The molecular formula is C19H19BrN2O2. The lowest BCUT2D eigenvalue weighted by molar-refractivity contribution is -0.117. The first-order chi connectivity index (χ1) is 11.5. The van der Waals surface area contributed by atoms with E-state index in [-0.39, 0.29) is 5.91 Å². The summed E-state index contributed by atoms with van der Waals surface area (Å²) in [5.41, 5.74) is 7.36. The fourth-order valence-corrected chi connectivity index (χ4v) is 2.43. The quantitative estimate of drug-likeness (QED) is 0.615. The molecule has 0 fully saturated rings. The number of amides is 2. The zero-order chi connectivity index (χ0) is 17.5. The Kier molecular flexibility index (Phi) is 6.32. The maximum Gasteiger partial charge on any atom is 0.269 e. The van der Waals surface area contributed by atoms with Crippen LogP contribution in [0.25, 0.3) is 6.08 Å². The number of carbonyl (C=O) groups is 2. The van der Waals surface area contributed by atoms with E-state index < -0.39 is 5.91 Å². The molecule has 0 unspecified atom stereocenters. The van der Waals surface area contributed by atoms with Crippen molar-refractivity contribution in [3.63, 3.8) is 0 Å². The Balaban J connectivity index is 1.87. The van der Waals surface area contributed by atoms with Crippen LogP contribution in [0.2, 0.25) is 0 Å². The van der Waals surface area contributed by atoms with E-state index >= 15 is 0 Å². The van der Waals surface area contributed by atoms with Gasteiger partial charge in [-0.3, -0.25) is 20.4 Å². The molecule has 4 nitrogen and oxygen atoms in total. The predicted molar refractivity (Wildman–Crippen MR) is 99.3 cm³/mol. The van der Waals surface area contributed by atoms with Crippen LogP contribution in [0.1, 0.15) is 41.3 Å². The summed E-state index contributed by atoms with van der Waals surface area (Å²) in [6.07, 6.45) is 3.08. The monoisotopic (exact) mass is 386 g/mol. The number of halogens is 1. The molecule has 2 aromatic rings. The topological polar surface area (TPSA) is 58.2 Å². The van der Waals surface area contributed by atoms with Crippen molar-refractivity contribution in [3.8, 4) is 0 Å². The average molecular weight is 387 g/mol. The molecule has 0 saturated carbocycles. The highest BCUT2D eigenvalue weighted by molar-refractivity contribution is 9.10. The van der Waals surface area contributed by atoms with E-state index in [0.717, 1.165) is 10.0 Å². The standard InChI is InChI=1S/C19H19BrN2O2/c1-13(2)15-9-6-14(7-10-15)8-11-18(23)21-22-19(24)16-4-3-5-17(20)12-16/h3-13H,1-2H3,(H,21,23)(H,22,24). The number of rotatable bonds is 4. The largest absolute Gasteiger partial charge is 0.269 e. The molecule has 24 heavy (non-hydrogen) atoms. The van der Waals surface area contributed by atoms with Gasteiger partial charge >= 0.3 is 0 Å². The van der Waals surface area contributed by atoms with Crippen molar-refractivity contribution in [2.24, 2.45) is 0 Å². The number of hydrazine groups is 1. The SMILES string of the molecule is CC(C)c1ccc(C=CC(=O)NNC(=O)c2cccc(Br)c2)cc1. The van der Waals surface area contributed by atoms with Crippen LogP contribution in [0.15, 0.2) is 59.1 Å². The Morgan fingerprint density at radius 1 is 1.04 bits per heavy atom. The van der Waals surface area contributed by atoms with Crippen LogP contribution in [0, 0.1) is 0 Å². The van der Waals surface area contributed by atoms with E-state index in [9.17, 15) is 9.59 Å². The molecular weight excluding hydrogens is 368 g/mol. The maximum atomic E-state index is 11.9. The van der Waals surface area contributed by atoms with Crippen LogP contribution in [-0.4, -0.2) is 11.8 Å². The van der Waals surface area contributed by atoms with Crippen LogP contribution in [0.4, 0.5) is 0 Å². The Hall–Kier alpha value is -2.40. The molecule has 0 aliphatic heterocycles. The molecule has 124 valence electrons. The van der Waals surface area contributed by atoms with Crippen LogP contribution < -0.4 is 10.9 Å². The average Bonchev–Trinajstić information content (AvgIpc) is 2.58. The van der Waals surface area contributed by atoms with Gasteiger partial charge in [0, 0.05) is 16.1 Å². The smallest absolute Gasteiger partial charge is 0.268 e. The zero-order valence-corrected chi connectivity index (χ0v) is 15.1. The van der Waals surface area contributed by atoms with Gasteiger partial charge < -0.3 is 0 Å². The lowest BCUT2D eigenvalue weighted by Crippen LogP contribution is -2.40. The third-order valence-corrected chi connectivity index (χ3v) is 3.91. The molecule has 0 saturated heterocycles. The lowest BCUT2D eigenvalue weighted by Gasteiger charge is -2.06. The molecule has 2 aromatic carbocycles. The molecule has 2 N–H and O–H groups in total. The molecule has 2 amide bonds. The summed E-state index contributed by atoms with van der Waals surface area (Å²) in [5, 5.41) is 0.